The topological polar surface area (TPSA) is 84.9 Å². The molecular weight excluding hydrogens is 403 g/mol. The molecule has 1 amide bonds. The average Bonchev–Trinajstić information content (AvgIpc) is 2.63. The first-order valence-corrected chi connectivity index (χ1v) is 8.94. The zero-order valence-electron chi connectivity index (χ0n) is 16.9. The van der Waals surface area contributed by atoms with E-state index in [4.69, 9.17) is 9.47 Å². The van der Waals surface area contributed by atoms with Crippen LogP contribution in [-0.4, -0.2) is 29.6 Å². The number of phenols is 1. The summed E-state index contributed by atoms with van der Waals surface area (Å²) in [5.74, 6) is -2.29. The lowest BCUT2D eigenvalue weighted by molar-refractivity contribution is -0.138. The molecule has 0 aromatic heterocycles. The van der Waals surface area contributed by atoms with Gasteiger partial charge in [-0.1, -0.05) is 6.07 Å². The Labute approximate surface area is 171 Å². The van der Waals surface area contributed by atoms with Gasteiger partial charge < -0.3 is 19.9 Å². The van der Waals surface area contributed by atoms with Crippen LogP contribution in [0.1, 0.15) is 52.6 Å². The summed E-state index contributed by atoms with van der Waals surface area (Å²) in [6.45, 7) is 4.36. The summed E-state index contributed by atoms with van der Waals surface area (Å²) in [5, 5.41) is 12.6. The van der Waals surface area contributed by atoms with Crippen LogP contribution >= 0.6 is 0 Å². The van der Waals surface area contributed by atoms with Gasteiger partial charge >= 0.3 is 12.1 Å². The largest absolute Gasteiger partial charge is 0.506 e. The highest BCUT2D eigenvalue weighted by molar-refractivity contribution is 5.95. The number of ether oxygens (including phenoxy) is 2. The highest BCUT2D eigenvalue weighted by Gasteiger charge is 2.37. The maximum Gasteiger partial charge on any atom is 0.419 e. The number of phenolic OH excluding ortho intramolecular Hbond substituents is 1. The van der Waals surface area contributed by atoms with E-state index in [1.54, 1.807) is 20.8 Å². The number of carbonyl (C=O) groups excluding carboxylic acids is 2. The van der Waals surface area contributed by atoms with E-state index in [0.29, 0.717) is 17.4 Å². The Kier molecular flexibility index (Phi) is 6.64. The van der Waals surface area contributed by atoms with Gasteiger partial charge in [-0.15, -0.1) is 0 Å². The molecule has 2 N–H and O–H groups in total. The van der Waals surface area contributed by atoms with Crippen molar-refractivity contribution in [2.45, 2.75) is 39.2 Å². The van der Waals surface area contributed by atoms with Crippen molar-refractivity contribution in [2.75, 3.05) is 7.05 Å². The minimum absolute atomic E-state index is 0.0186. The minimum atomic E-state index is -4.85. The second-order valence-corrected chi connectivity index (χ2v) is 7.39. The number of esters is 1. The van der Waals surface area contributed by atoms with Crippen LogP contribution in [0.15, 0.2) is 36.4 Å². The normalized spacial score (nSPS) is 11.7. The monoisotopic (exact) mass is 425 g/mol. The number of carbonyl (C=O) groups is 2. The summed E-state index contributed by atoms with van der Waals surface area (Å²) >= 11 is 0. The van der Waals surface area contributed by atoms with Crippen LogP contribution in [0.3, 0.4) is 0 Å². The molecule has 2 rings (SSSR count). The molecule has 0 saturated carbocycles. The first-order valence-electron chi connectivity index (χ1n) is 8.94. The number of halogens is 3. The second-order valence-electron chi connectivity index (χ2n) is 7.39. The van der Waals surface area contributed by atoms with Gasteiger partial charge in [0.15, 0.2) is 0 Å². The third kappa shape index (κ3) is 5.65. The number of aromatic hydroxyl groups is 1. The van der Waals surface area contributed by atoms with E-state index in [1.807, 2.05) is 0 Å². The van der Waals surface area contributed by atoms with E-state index in [-0.39, 0.29) is 18.1 Å². The molecule has 0 saturated heterocycles. The van der Waals surface area contributed by atoms with Crippen LogP contribution in [0.5, 0.6) is 11.5 Å². The van der Waals surface area contributed by atoms with Gasteiger partial charge in [-0.05, 0) is 51.1 Å². The van der Waals surface area contributed by atoms with Gasteiger partial charge in [-0.2, -0.15) is 13.2 Å². The molecule has 0 heterocycles. The number of alkyl halides is 3. The Bertz CT molecular complexity index is 931. The Morgan fingerprint density at radius 2 is 1.63 bits per heavy atom. The first-order chi connectivity index (χ1) is 13.8. The first kappa shape index (κ1) is 23.1. The lowest BCUT2D eigenvalue weighted by Gasteiger charge is -2.22. The van der Waals surface area contributed by atoms with Gasteiger partial charge in [0.25, 0.3) is 5.91 Å². The van der Waals surface area contributed by atoms with Gasteiger partial charge in [0.2, 0.25) is 0 Å². The zero-order valence-corrected chi connectivity index (χ0v) is 16.9. The third-order valence-corrected chi connectivity index (χ3v) is 3.91. The predicted molar refractivity (Wildman–Crippen MR) is 102 cm³/mol. The van der Waals surface area contributed by atoms with E-state index >= 15 is 0 Å². The lowest BCUT2D eigenvalue weighted by Crippen LogP contribution is -2.25. The maximum absolute atomic E-state index is 13.2. The molecule has 162 valence electrons. The fourth-order valence-electron chi connectivity index (χ4n) is 2.55. The molecule has 2 aromatic carbocycles. The van der Waals surface area contributed by atoms with E-state index in [1.165, 1.54) is 31.3 Å². The fraction of sp³-hybridized carbons (Fsp3) is 0.333. The molecule has 0 atom stereocenters. The summed E-state index contributed by atoms with van der Waals surface area (Å²) in [5.41, 5.74) is -2.52. The van der Waals surface area contributed by atoms with Crippen LogP contribution in [-0.2, 0) is 17.5 Å². The number of hydrogen-bond acceptors (Lipinski definition) is 5. The van der Waals surface area contributed by atoms with Crippen molar-refractivity contribution in [2.24, 2.45) is 0 Å². The molecule has 0 aliphatic heterocycles. The van der Waals surface area contributed by atoms with Crippen molar-refractivity contribution < 1.29 is 37.3 Å². The Morgan fingerprint density at radius 1 is 1.03 bits per heavy atom. The summed E-state index contributed by atoms with van der Waals surface area (Å²) in [6, 6.07) is 7.75. The van der Waals surface area contributed by atoms with Gasteiger partial charge in [-0.3, -0.25) is 4.79 Å². The molecule has 0 aliphatic carbocycles. The maximum atomic E-state index is 13.2. The molecule has 0 aliphatic rings. The molecule has 30 heavy (non-hydrogen) atoms. The van der Waals surface area contributed by atoms with Crippen LogP contribution in [0.4, 0.5) is 13.2 Å². The molecule has 0 fully saturated rings. The van der Waals surface area contributed by atoms with Gasteiger partial charge in [0.1, 0.15) is 29.3 Å². The minimum Gasteiger partial charge on any atom is -0.506 e. The standard InChI is InChI=1S/C21H22F3NO5/c1-20(2,3)30-19(28)16-13(7-10-15(17(16)26)21(22,23)24)11-29-14-8-5-12(6-9-14)18(27)25-4/h5-10,26H,11H2,1-4H3,(H,25,27). The summed E-state index contributed by atoms with van der Waals surface area (Å²) < 4.78 is 50.2. The lowest BCUT2D eigenvalue weighted by atomic mass is 10.0. The second kappa shape index (κ2) is 8.64. The molecule has 6 nitrogen and oxygen atoms in total. The summed E-state index contributed by atoms with van der Waals surface area (Å²) in [6.07, 6.45) is -4.85. The van der Waals surface area contributed by atoms with Crippen molar-refractivity contribution in [1.29, 1.82) is 0 Å². The van der Waals surface area contributed by atoms with Gasteiger partial charge in [-0.25, -0.2) is 4.79 Å². The van der Waals surface area contributed by atoms with E-state index in [2.05, 4.69) is 5.32 Å². The van der Waals surface area contributed by atoms with Crippen molar-refractivity contribution in [1.82, 2.24) is 5.32 Å². The number of benzene rings is 2. The Balaban J connectivity index is 2.35. The van der Waals surface area contributed by atoms with Crippen molar-refractivity contribution in [3.8, 4) is 11.5 Å². The van der Waals surface area contributed by atoms with Crippen molar-refractivity contribution in [3.63, 3.8) is 0 Å². The average molecular weight is 425 g/mol. The van der Waals surface area contributed by atoms with Crippen molar-refractivity contribution in [3.05, 3.63) is 58.7 Å². The fourth-order valence-corrected chi connectivity index (χ4v) is 2.55. The van der Waals surface area contributed by atoms with Gasteiger partial charge in [0, 0.05) is 18.2 Å². The molecular formula is C21H22F3NO5. The van der Waals surface area contributed by atoms with Gasteiger partial charge in [0.05, 0.1) is 5.56 Å². The van der Waals surface area contributed by atoms with Crippen LogP contribution < -0.4 is 10.1 Å². The van der Waals surface area contributed by atoms with Crippen LogP contribution in [0.2, 0.25) is 0 Å². The van der Waals surface area contributed by atoms with E-state index < -0.39 is 34.6 Å². The molecule has 2 aromatic rings. The molecule has 0 radical (unpaired) electrons. The zero-order chi connectivity index (χ0) is 22.7. The summed E-state index contributed by atoms with van der Waals surface area (Å²) in [4.78, 5) is 24.1. The van der Waals surface area contributed by atoms with Crippen LogP contribution in [0.25, 0.3) is 0 Å². The van der Waals surface area contributed by atoms with E-state index in [0.717, 1.165) is 6.07 Å². The van der Waals surface area contributed by atoms with E-state index in [9.17, 15) is 27.9 Å². The molecule has 9 heteroatoms. The smallest absolute Gasteiger partial charge is 0.419 e. The predicted octanol–water partition coefficient (Wildman–Crippen LogP) is 4.30. The highest BCUT2D eigenvalue weighted by atomic mass is 19.4. The number of rotatable bonds is 5. The molecule has 0 spiro atoms. The summed E-state index contributed by atoms with van der Waals surface area (Å²) in [7, 11) is 1.49. The highest BCUT2D eigenvalue weighted by Crippen LogP contribution is 2.39. The third-order valence-electron chi connectivity index (χ3n) is 3.91. The number of hydrogen-bond donors (Lipinski definition) is 2. The molecule has 0 bridgehead atoms. The number of amides is 1. The quantitative estimate of drug-likeness (QED) is 0.698. The molecule has 0 unspecified atom stereocenters. The van der Waals surface area contributed by atoms with Crippen LogP contribution in [0, 0.1) is 0 Å². The SMILES string of the molecule is CNC(=O)c1ccc(OCc2ccc(C(F)(F)F)c(O)c2C(=O)OC(C)(C)C)cc1. The number of nitrogens with one attached hydrogen (secondary N) is 1. The Morgan fingerprint density at radius 3 is 2.13 bits per heavy atom. The van der Waals surface area contributed by atoms with Crippen molar-refractivity contribution >= 4 is 11.9 Å². The Hall–Kier alpha value is -3.23.